The van der Waals surface area contributed by atoms with Gasteiger partial charge in [-0.3, -0.25) is 9.59 Å². The number of hydrogen-bond donors (Lipinski definition) is 0. The predicted molar refractivity (Wildman–Crippen MR) is 106 cm³/mol. The Morgan fingerprint density at radius 1 is 1.21 bits per heavy atom. The molecule has 4 rings (SSSR count). The molecule has 2 heterocycles. The monoisotopic (exact) mass is 409 g/mol. The first kappa shape index (κ1) is 19.0. The summed E-state index contributed by atoms with van der Waals surface area (Å²) in [6.07, 6.45) is 2.13. The van der Waals surface area contributed by atoms with Gasteiger partial charge in [-0.05, 0) is 36.3 Å². The third-order valence-electron chi connectivity index (χ3n) is 4.45. The standard InChI is InChI=1S/C22H16ClNO5/c1-13-4-2-3-5-14(13)10-19-22(26)17-8-6-15(11-18(17)28-19)27-21(25)9-7-16-12-20(23)24-29-16/h2-6,8,10-12H,7,9H2,1H3/b19-10-. The lowest BCUT2D eigenvalue weighted by Crippen LogP contribution is -2.08. The molecule has 3 aromatic rings. The minimum atomic E-state index is -0.447. The van der Waals surface area contributed by atoms with Crippen LogP contribution in [0.2, 0.25) is 5.15 Å². The number of ether oxygens (including phenoxy) is 2. The summed E-state index contributed by atoms with van der Waals surface area (Å²) in [7, 11) is 0. The molecule has 0 N–H and O–H groups in total. The Morgan fingerprint density at radius 2 is 2.03 bits per heavy atom. The smallest absolute Gasteiger partial charge is 0.311 e. The number of benzene rings is 2. The minimum absolute atomic E-state index is 0.0980. The molecule has 0 amide bonds. The molecule has 0 radical (unpaired) electrons. The van der Waals surface area contributed by atoms with Crippen LogP contribution in [-0.2, 0) is 11.2 Å². The van der Waals surface area contributed by atoms with Crippen LogP contribution in [0, 0.1) is 6.92 Å². The summed E-state index contributed by atoms with van der Waals surface area (Å²) in [4.78, 5) is 24.6. The van der Waals surface area contributed by atoms with E-state index in [1.807, 2.05) is 31.2 Å². The third-order valence-corrected chi connectivity index (χ3v) is 4.63. The van der Waals surface area contributed by atoms with Crippen molar-refractivity contribution in [2.24, 2.45) is 0 Å². The molecule has 0 saturated heterocycles. The molecule has 6 nitrogen and oxygen atoms in total. The van der Waals surface area contributed by atoms with Crippen molar-refractivity contribution in [3.8, 4) is 11.5 Å². The Hall–Kier alpha value is -3.38. The highest BCUT2D eigenvalue weighted by molar-refractivity contribution is 6.29. The van der Waals surface area contributed by atoms with Crippen molar-refractivity contribution in [1.29, 1.82) is 0 Å². The molecule has 0 aliphatic carbocycles. The second-order valence-corrected chi connectivity index (χ2v) is 6.93. The molecule has 1 aliphatic heterocycles. The van der Waals surface area contributed by atoms with Crippen LogP contribution in [0.4, 0.5) is 0 Å². The number of ketones is 1. The van der Waals surface area contributed by atoms with Gasteiger partial charge in [0.05, 0.1) is 12.0 Å². The van der Waals surface area contributed by atoms with Gasteiger partial charge in [-0.2, -0.15) is 0 Å². The SMILES string of the molecule is Cc1ccccc1/C=C1\Oc2cc(OC(=O)CCc3cc(Cl)no3)ccc2C1=O. The Morgan fingerprint density at radius 3 is 2.79 bits per heavy atom. The number of fused-ring (bicyclic) bond motifs is 1. The van der Waals surface area contributed by atoms with Gasteiger partial charge in [-0.1, -0.05) is 41.0 Å². The number of aryl methyl sites for hydroxylation is 2. The van der Waals surface area contributed by atoms with Crippen LogP contribution < -0.4 is 9.47 Å². The van der Waals surface area contributed by atoms with E-state index >= 15 is 0 Å². The third kappa shape index (κ3) is 4.22. The van der Waals surface area contributed by atoms with E-state index in [9.17, 15) is 9.59 Å². The Balaban J connectivity index is 1.44. The van der Waals surface area contributed by atoms with Crippen molar-refractivity contribution in [2.75, 3.05) is 0 Å². The lowest BCUT2D eigenvalue weighted by molar-refractivity contribution is -0.134. The largest absolute Gasteiger partial charge is 0.452 e. The molecule has 29 heavy (non-hydrogen) atoms. The van der Waals surface area contributed by atoms with E-state index in [1.54, 1.807) is 24.3 Å². The van der Waals surface area contributed by atoms with Gasteiger partial charge in [0.25, 0.3) is 0 Å². The molecule has 1 aliphatic rings. The zero-order valence-corrected chi connectivity index (χ0v) is 16.2. The molecule has 0 unspecified atom stereocenters. The number of allylic oxidation sites excluding steroid dienone is 1. The molecule has 0 atom stereocenters. The van der Waals surface area contributed by atoms with Crippen LogP contribution in [0.1, 0.15) is 33.7 Å². The Bertz CT molecular complexity index is 1130. The van der Waals surface area contributed by atoms with Crippen LogP contribution in [0.3, 0.4) is 0 Å². The molecule has 7 heteroatoms. The maximum Gasteiger partial charge on any atom is 0.311 e. The fraction of sp³-hybridized carbons (Fsp3) is 0.136. The van der Waals surface area contributed by atoms with E-state index < -0.39 is 5.97 Å². The van der Waals surface area contributed by atoms with Crippen molar-refractivity contribution in [3.63, 3.8) is 0 Å². The first-order chi connectivity index (χ1) is 14.0. The lowest BCUT2D eigenvalue weighted by atomic mass is 10.1. The second kappa shape index (κ2) is 7.93. The summed E-state index contributed by atoms with van der Waals surface area (Å²) in [5.74, 6) is 0.748. The van der Waals surface area contributed by atoms with Gasteiger partial charge in [0.15, 0.2) is 10.9 Å². The summed E-state index contributed by atoms with van der Waals surface area (Å²) >= 11 is 5.68. The van der Waals surface area contributed by atoms with Crippen molar-refractivity contribution in [1.82, 2.24) is 5.16 Å². The zero-order chi connectivity index (χ0) is 20.4. The number of esters is 1. The summed E-state index contributed by atoms with van der Waals surface area (Å²) in [5.41, 5.74) is 2.37. The number of carbonyl (C=O) groups excluding carboxylic acids is 2. The predicted octanol–water partition coefficient (Wildman–Crippen LogP) is 4.79. The first-order valence-electron chi connectivity index (χ1n) is 8.95. The van der Waals surface area contributed by atoms with Crippen LogP contribution in [0.5, 0.6) is 11.5 Å². The molecule has 1 aromatic heterocycles. The summed E-state index contributed by atoms with van der Waals surface area (Å²) in [5, 5.41) is 3.79. The van der Waals surface area contributed by atoms with Crippen molar-refractivity contribution >= 4 is 29.4 Å². The quantitative estimate of drug-likeness (QED) is 0.342. The normalized spacial score (nSPS) is 14.0. The maximum absolute atomic E-state index is 12.6. The first-order valence-corrected chi connectivity index (χ1v) is 9.33. The molecule has 0 saturated carbocycles. The molecular formula is C22H16ClNO5. The maximum atomic E-state index is 12.6. The highest BCUT2D eigenvalue weighted by Gasteiger charge is 2.28. The van der Waals surface area contributed by atoms with Crippen LogP contribution in [0.25, 0.3) is 6.08 Å². The molecule has 0 spiro atoms. The van der Waals surface area contributed by atoms with Gasteiger partial charge in [0.1, 0.15) is 17.3 Å². The van der Waals surface area contributed by atoms with Crippen molar-refractivity contribution in [3.05, 3.63) is 81.9 Å². The van der Waals surface area contributed by atoms with E-state index in [0.717, 1.165) is 11.1 Å². The fourth-order valence-electron chi connectivity index (χ4n) is 2.93. The summed E-state index contributed by atoms with van der Waals surface area (Å²) in [6, 6.07) is 14.0. The van der Waals surface area contributed by atoms with E-state index in [-0.39, 0.29) is 23.1 Å². The van der Waals surface area contributed by atoms with Crippen molar-refractivity contribution in [2.45, 2.75) is 19.8 Å². The van der Waals surface area contributed by atoms with Gasteiger partial charge < -0.3 is 14.0 Å². The van der Waals surface area contributed by atoms with Gasteiger partial charge in [-0.25, -0.2) is 0 Å². The number of Topliss-reactive ketones (excluding diaryl/α,β-unsaturated/α-hetero) is 1. The molecule has 0 fully saturated rings. The van der Waals surface area contributed by atoms with Gasteiger partial charge in [0, 0.05) is 18.6 Å². The molecule has 2 aromatic carbocycles. The van der Waals surface area contributed by atoms with Crippen LogP contribution >= 0.6 is 11.6 Å². The Labute approximate surface area is 171 Å². The molecule has 0 bridgehead atoms. The zero-order valence-electron chi connectivity index (χ0n) is 15.5. The Kier molecular flexibility index (Phi) is 5.18. The van der Waals surface area contributed by atoms with E-state index in [2.05, 4.69) is 5.16 Å². The van der Waals surface area contributed by atoms with E-state index in [0.29, 0.717) is 29.2 Å². The molecule has 146 valence electrons. The fourth-order valence-corrected chi connectivity index (χ4v) is 3.09. The number of rotatable bonds is 5. The summed E-state index contributed by atoms with van der Waals surface area (Å²) in [6.45, 7) is 1.96. The van der Waals surface area contributed by atoms with E-state index in [1.165, 1.54) is 6.07 Å². The van der Waals surface area contributed by atoms with Crippen molar-refractivity contribution < 1.29 is 23.6 Å². The highest BCUT2D eigenvalue weighted by atomic mass is 35.5. The van der Waals surface area contributed by atoms with Gasteiger partial charge in [0.2, 0.25) is 5.78 Å². The van der Waals surface area contributed by atoms with E-state index in [4.69, 9.17) is 25.6 Å². The lowest BCUT2D eigenvalue weighted by Gasteiger charge is -2.05. The number of nitrogens with zero attached hydrogens (tertiary/aromatic N) is 1. The van der Waals surface area contributed by atoms with Gasteiger partial charge in [-0.15, -0.1) is 0 Å². The average Bonchev–Trinajstić information content (AvgIpc) is 3.25. The van der Waals surface area contributed by atoms with Crippen LogP contribution in [-0.4, -0.2) is 16.9 Å². The van der Waals surface area contributed by atoms with Crippen LogP contribution in [0.15, 0.2) is 58.8 Å². The number of carbonyl (C=O) groups is 2. The minimum Gasteiger partial charge on any atom is -0.452 e. The highest BCUT2D eigenvalue weighted by Crippen LogP contribution is 2.35. The summed E-state index contributed by atoms with van der Waals surface area (Å²) < 4.78 is 16.0. The number of hydrogen-bond acceptors (Lipinski definition) is 6. The second-order valence-electron chi connectivity index (χ2n) is 6.54. The number of halogens is 1. The number of aromatic nitrogens is 1. The van der Waals surface area contributed by atoms with Gasteiger partial charge >= 0.3 is 5.97 Å². The average molecular weight is 410 g/mol. The topological polar surface area (TPSA) is 78.6 Å². The molecular weight excluding hydrogens is 394 g/mol.